The second-order valence-electron chi connectivity index (χ2n) is 2.31. The third kappa shape index (κ3) is 2.56. The molecule has 0 aromatic carbocycles. The molecule has 0 radical (unpaired) electrons. The molecule has 1 aromatic heterocycles. The number of thiophene rings is 1. The molecular formula is C10H10O2S. The molecule has 0 bridgehead atoms. The fourth-order valence-electron chi connectivity index (χ4n) is 0.846. The van der Waals surface area contributed by atoms with Crippen molar-refractivity contribution in [3.05, 3.63) is 40.6 Å². The highest BCUT2D eigenvalue weighted by molar-refractivity contribution is 7.10. The Hall–Kier alpha value is -1.35. The lowest BCUT2D eigenvalue weighted by atomic mass is 10.2. The highest BCUT2D eigenvalue weighted by atomic mass is 32.1. The van der Waals surface area contributed by atoms with E-state index >= 15 is 0 Å². The molecule has 1 rings (SSSR count). The highest BCUT2D eigenvalue weighted by Gasteiger charge is 2.04. The van der Waals surface area contributed by atoms with Crippen LogP contribution in [-0.4, -0.2) is 13.1 Å². The summed E-state index contributed by atoms with van der Waals surface area (Å²) in [7, 11) is 1.36. The number of methoxy groups -OCH3 is 1. The number of hydrogen-bond donors (Lipinski definition) is 0. The number of carbonyl (C=O) groups is 1. The maximum Gasteiger partial charge on any atom is 0.337 e. The van der Waals surface area contributed by atoms with Crippen LogP contribution in [0.2, 0.25) is 0 Å². The number of rotatable bonds is 3. The van der Waals surface area contributed by atoms with Crippen LogP contribution in [-0.2, 0) is 9.53 Å². The zero-order valence-electron chi connectivity index (χ0n) is 7.32. The quantitative estimate of drug-likeness (QED) is 0.420. The Morgan fingerprint density at radius 1 is 1.69 bits per heavy atom. The first-order valence-electron chi connectivity index (χ1n) is 3.74. The minimum Gasteiger partial charge on any atom is -0.465 e. The Morgan fingerprint density at radius 3 is 2.92 bits per heavy atom. The first-order valence-corrected chi connectivity index (χ1v) is 4.62. The van der Waals surface area contributed by atoms with Crippen molar-refractivity contribution in [3.63, 3.8) is 0 Å². The van der Waals surface area contributed by atoms with Crippen LogP contribution in [0.4, 0.5) is 0 Å². The van der Waals surface area contributed by atoms with Gasteiger partial charge in [0.2, 0.25) is 0 Å². The normalized spacial score (nSPS) is 11.0. The fraction of sp³-hybridized carbons (Fsp3) is 0.100. The molecule has 0 amide bonds. The Bertz CT molecular complexity index is 323. The summed E-state index contributed by atoms with van der Waals surface area (Å²) in [6, 6.07) is 3.85. The van der Waals surface area contributed by atoms with Gasteiger partial charge in [-0.2, -0.15) is 0 Å². The summed E-state index contributed by atoms with van der Waals surface area (Å²) >= 11 is 1.56. The Labute approximate surface area is 81.2 Å². The van der Waals surface area contributed by atoms with Crippen molar-refractivity contribution in [2.24, 2.45) is 0 Å². The molecule has 0 atom stereocenters. The van der Waals surface area contributed by atoms with E-state index in [2.05, 4.69) is 11.3 Å². The van der Waals surface area contributed by atoms with Crippen LogP contribution in [0.25, 0.3) is 6.08 Å². The van der Waals surface area contributed by atoms with Gasteiger partial charge < -0.3 is 4.74 Å². The summed E-state index contributed by atoms with van der Waals surface area (Å²) in [6.07, 6.45) is 3.25. The maximum absolute atomic E-state index is 11.1. The zero-order valence-corrected chi connectivity index (χ0v) is 8.14. The van der Waals surface area contributed by atoms with Gasteiger partial charge in [0.15, 0.2) is 0 Å². The van der Waals surface area contributed by atoms with Crippen molar-refractivity contribution >= 4 is 23.4 Å². The molecule has 0 saturated heterocycles. The van der Waals surface area contributed by atoms with E-state index < -0.39 is 0 Å². The van der Waals surface area contributed by atoms with E-state index in [9.17, 15) is 4.79 Å². The molecule has 1 aromatic rings. The predicted octanol–water partition coefficient (Wildman–Crippen LogP) is 2.49. The molecule has 0 aliphatic heterocycles. The molecule has 3 heteroatoms. The monoisotopic (exact) mass is 194 g/mol. The first-order chi connectivity index (χ1) is 6.27. The van der Waals surface area contributed by atoms with Crippen molar-refractivity contribution < 1.29 is 9.53 Å². The van der Waals surface area contributed by atoms with Gasteiger partial charge in [0.25, 0.3) is 0 Å². The molecule has 0 N–H and O–H groups in total. The molecular weight excluding hydrogens is 184 g/mol. The van der Waals surface area contributed by atoms with Crippen LogP contribution >= 0.6 is 11.3 Å². The van der Waals surface area contributed by atoms with Crippen molar-refractivity contribution in [1.29, 1.82) is 0 Å². The van der Waals surface area contributed by atoms with E-state index in [-0.39, 0.29) is 5.97 Å². The number of esters is 1. The van der Waals surface area contributed by atoms with E-state index in [4.69, 9.17) is 0 Å². The largest absolute Gasteiger partial charge is 0.465 e. The average Bonchev–Trinajstić information content (AvgIpc) is 2.65. The molecule has 13 heavy (non-hydrogen) atoms. The minimum absolute atomic E-state index is 0.358. The Morgan fingerprint density at radius 2 is 2.46 bits per heavy atom. The molecule has 0 spiro atoms. The Kier molecular flexibility index (Phi) is 3.46. The van der Waals surface area contributed by atoms with E-state index in [1.807, 2.05) is 17.5 Å². The van der Waals surface area contributed by atoms with Crippen LogP contribution in [0.3, 0.4) is 0 Å². The van der Waals surface area contributed by atoms with Crippen molar-refractivity contribution in [2.75, 3.05) is 7.11 Å². The SMILES string of the molecule is C=C/C(=C\c1cccs1)C(=O)OC. The molecule has 0 saturated carbocycles. The molecule has 0 unspecified atom stereocenters. The number of ether oxygens (including phenoxy) is 1. The minimum atomic E-state index is -0.358. The van der Waals surface area contributed by atoms with Gasteiger partial charge in [0.05, 0.1) is 12.7 Å². The first kappa shape index (κ1) is 9.74. The second kappa shape index (κ2) is 4.62. The van der Waals surface area contributed by atoms with Crippen LogP contribution in [0.5, 0.6) is 0 Å². The van der Waals surface area contributed by atoms with E-state index in [1.165, 1.54) is 13.2 Å². The van der Waals surface area contributed by atoms with E-state index in [0.717, 1.165) is 4.88 Å². The van der Waals surface area contributed by atoms with Gasteiger partial charge in [-0.15, -0.1) is 11.3 Å². The molecule has 0 aliphatic carbocycles. The number of carbonyl (C=O) groups excluding carboxylic acids is 1. The summed E-state index contributed by atoms with van der Waals surface area (Å²) in [5, 5.41) is 1.95. The third-order valence-corrected chi connectivity index (χ3v) is 2.30. The van der Waals surface area contributed by atoms with Crippen LogP contribution in [0.1, 0.15) is 4.88 Å². The summed E-state index contributed by atoms with van der Waals surface area (Å²) in [6.45, 7) is 3.55. The topological polar surface area (TPSA) is 26.3 Å². The lowest BCUT2D eigenvalue weighted by molar-refractivity contribution is -0.135. The molecule has 1 heterocycles. The molecule has 0 fully saturated rings. The summed E-state index contributed by atoms with van der Waals surface area (Å²) < 4.78 is 4.58. The number of hydrogen-bond acceptors (Lipinski definition) is 3. The molecule has 2 nitrogen and oxygen atoms in total. The van der Waals surface area contributed by atoms with Gasteiger partial charge in [-0.3, -0.25) is 0 Å². The smallest absolute Gasteiger partial charge is 0.337 e. The highest BCUT2D eigenvalue weighted by Crippen LogP contribution is 2.14. The lowest BCUT2D eigenvalue weighted by Crippen LogP contribution is -2.01. The summed E-state index contributed by atoms with van der Waals surface area (Å²) in [5.74, 6) is -0.358. The second-order valence-corrected chi connectivity index (χ2v) is 3.29. The summed E-state index contributed by atoms with van der Waals surface area (Å²) in [4.78, 5) is 12.1. The molecule has 0 aliphatic rings. The van der Waals surface area contributed by atoms with Crippen molar-refractivity contribution in [2.45, 2.75) is 0 Å². The van der Waals surface area contributed by atoms with Crippen molar-refractivity contribution in [3.8, 4) is 0 Å². The third-order valence-electron chi connectivity index (χ3n) is 1.48. The van der Waals surface area contributed by atoms with Crippen LogP contribution in [0, 0.1) is 0 Å². The van der Waals surface area contributed by atoms with E-state index in [0.29, 0.717) is 5.57 Å². The van der Waals surface area contributed by atoms with Gasteiger partial charge in [0, 0.05) is 4.88 Å². The van der Waals surface area contributed by atoms with Crippen molar-refractivity contribution in [1.82, 2.24) is 0 Å². The van der Waals surface area contributed by atoms with Crippen LogP contribution < -0.4 is 0 Å². The van der Waals surface area contributed by atoms with Gasteiger partial charge >= 0.3 is 5.97 Å². The fourth-order valence-corrected chi connectivity index (χ4v) is 1.51. The standard InChI is InChI=1S/C10H10O2S/c1-3-8(10(11)12-2)7-9-5-4-6-13-9/h3-7H,1H2,2H3/b8-7+. The van der Waals surface area contributed by atoms with E-state index in [1.54, 1.807) is 17.4 Å². The maximum atomic E-state index is 11.1. The predicted molar refractivity (Wildman–Crippen MR) is 54.5 cm³/mol. The summed E-state index contributed by atoms with van der Waals surface area (Å²) in [5.41, 5.74) is 0.477. The van der Waals surface area contributed by atoms with Gasteiger partial charge in [-0.25, -0.2) is 4.79 Å². The van der Waals surface area contributed by atoms with Gasteiger partial charge in [-0.05, 0) is 17.5 Å². The zero-order chi connectivity index (χ0) is 9.68. The lowest BCUT2D eigenvalue weighted by Gasteiger charge is -1.97. The Balaban J connectivity index is 2.89. The van der Waals surface area contributed by atoms with Gasteiger partial charge in [-0.1, -0.05) is 18.7 Å². The van der Waals surface area contributed by atoms with Gasteiger partial charge in [0.1, 0.15) is 0 Å². The average molecular weight is 194 g/mol. The molecule has 68 valence electrons. The van der Waals surface area contributed by atoms with Crippen LogP contribution in [0.15, 0.2) is 35.7 Å².